The van der Waals surface area contributed by atoms with Crippen molar-refractivity contribution in [1.82, 2.24) is 25.4 Å². The smallest absolute Gasteiger partial charge is 0.263 e. The summed E-state index contributed by atoms with van der Waals surface area (Å²) < 4.78 is 1.74. The van der Waals surface area contributed by atoms with Crippen LogP contribution in [0.15, 0.2) is 12.4 Å². The Balaban J connectivity index is 1.57. The zero-order valence-electron chi connectivity index (χ0n) is 13.6. The van der Waals surface area contributed by atoms with Gasteiger partial charge in [0.05, 0.1) is 11.9 Å². The summed E-state index contributed by atoms with van der Waals surface area (Å²) in [6, 6.07) is 0. The molecule has 3 rings (SSSR count). The summed E-state index contributed by atoms with van der Waals surface area (Å²) in [7, 11) is 1.87. The Morgan fingerprint density at radius 1 is 1.57 bits per heavy atom. The van der Waals surface area contributed by atoms with Crippen LogP contribution in [0.3, 0.4) is 0 Å². The average Bonchev–Trinajstić information content (AvgIpc) is 3.14. The topological polar surface area (TPSA) is 71.8 Å². The number of aromatic nitrogens is 3. The van der Waals surface area contributed by atoms with E-state index in [0.717, 1.165) is 42.3 Å². The normalized spacial score (nSPS) is 18.1. The molecule has 1 unspecified atom stereocenters. The summed E-state index contributed by atoms with van der Waals surface area (Å²) in [5, 5.41) is 11.4. The number of nitrogens with one attached hydrogen (secondary N) is 2. The molecule has 2 N–H and O–H groups in total. The number of carbonyl (C=O) groups is 1. The quantitative estimate of drug-likeness (QED) is 0.877. The van der Waals surface area contributed by atoms with E-state index < -0.39 is 0 Å². The van der Waals surface area contributed by atoms with Crippen LogP contribution in [0.1, 0.15) is 34.6 Å². The highest BCUT2D eigenvalue weighted by Gasteiger charge is 2.18. The molecule has 1 fully saturated rings. The van der Waals surface area contributed by atoms with Gasteiger partial charge in [-0.25, -0.2) is 4.98 Å². The largest absolute Gasteiger partial charge is 0.351 e. The van der Waals surface area contributed by atoms with Crippen LogP contribution in [0.4, 0.5) is 0 Å². The SMILES string of the molecule is Cc1nc(-c2cnn(C)c2)sc1C(=O)NCCC1CCCNC1. The third-order valence-corrected chi connectivity index (χ3v) is 5.40. The van der Waals surface area contributed by atoms with E-state index in [-0.39, 0.29) is 5.91 Å². The van der Waals surface area contributed by atoms with Gasteiger partial charge < -0.3 is 10.6 Å². The van der Waals surface area contributed by atoms with Gasteiger partial charge in [-0.05, 0) is 45.2 Å². The summed E-state index contributed by atoms with van der Waals surface area (Å²) in [6.45, 7) is 4.81. The monoisotopic (exact) mass is 333 g/mol. The first-order chi connectivity index (χ1) is 11.1. The molecule has 3 heterocycles. The summed E-state index contributed by atoms with van der Waals surface area (Å²) in [4.78, 5) is 17.6. The van der Waals surface area contributed by atoms with Crippen molar-refractivity contribution in [2.75, 3.05) is 19.6 Å². The van der Waals surface area contributed by atoms with Gasteiger partial charge in [-0.3, -0.25) is 9.48 Å². The summed E-state index contributed by atoms with van der Waals surface area (Å²) in [6.07, 6.45) is 7.22. The molecule has 6 nitrogen and oxygen atoms in total. The Kier molecular flexibility index (Phi) is 5.07. The van der Waals surface area contributed by atoms with E-state index >= 15 is 0 Å². The number of aryl methyl sites for hydroxylation is 2. The van der Waals surface area contributed by atoms with Crippen molar-refractivity contribution in [2.45, 2.75) is 26.2 Å². The molecule has 2 aromatic rings. The predicted octanol–water partition coefficient (Wildman–Crippen LogP) is 1.97. The number of thiazole rings is 1. The molecular formula is C16H23N5OS. The fourth-order valence-corrected chi connectivity index (χ4v) is 3.86. The van der Waals surface area contributed by atoms with Gasteiger partial charge in [0.15, 0.2) is 0 Å². The lowest BCUT2D eigenvalue weighted by Crippen LogP contribution is -2.33. The molecule has 23 heavy (non-hydrogen) atoms. The fourth-order valence-electron chi connectivity index (χ4n) is 2.90. The standard InChI is InChI=1S/C16H23N5OS/c1-11-14(23-16(20-11)13-9-19-21(2)10-13)15(22)18-7-5-12-4-3-6-17-8-12/h9-10,12,17H,3-8H2,1-2H3,(H,18,22). The van der Waals surface area contributed by atoms with Gasteiger partial charge in [0, 0.05) is 25.4 Å². The summed E-state index contributed by atoms with van der Waals surface area (Å²) in [5.74, 6) is 0.663. The number of piperidine rings is 1. The minimum atomic E-state index is -0.0149. The van der Waals surface area contributed by atoms with Crippen molar-refractivity contribution in [1.29, 1.82) is 0 Å². The molecule has 0 aliphatic carbocycles. The van der Waals surface area contributed by atoms with Crippen LogP contribution in [-0.2, 0) is 7.05 Å². The number of hydrogen-bond acceptors (Lipinski definition) is 5. The molecule has 0 aromatic carbocycles. The van der Waals surface area contributed by atoms with E-state index in [1.54, 1.807) is 10.9 Å². The highest BCUT2D eigenvalue weighted by atomic mass is 32.1. The fraction of sp³-hybridized carbons (Fsp3) is 0.562. The van der Waals surface area contributed by atoms with E-state index in [9.17, 15) is 4.79 Å². The van der Waals surface area contributed by atoms with Crippen molar-refractivity contribution < 1.29 is 4.79 Å². The van der Waals surface area contributed by atoms with E-state index in [1.807, 2.05) is 20.2 Å². The molecule has 1 saturated heterocycles. The maximum absolute atomic E-state index is 12.4. The van der Waals surface area contributed by atoms with Crippen molar-refractivity contribution in [2.24, 2.45) is 13.0 Å². The first-order valence-electron chi connectivity index (χ1n) is 8.09. The van der Waals surface area contributed by atoms with Crippen LogP contribution in [0.2, 0.25) is 0 Å². The molecule has 0 bridgehead atoms. The Hall–Kier alpha value is -1.73. The van der Waals surface area contributed by atoms with E-state index in [2.05, 4.69) is 20.7 Å². The molecule has 1 aliphatic rings. The van der Waals surface area contributed by atoms with Crippen molar-refractivity contribution in [3.8, 4) is 10.6 Å². The number of amides is 1. The number of rotatable bonds is 5. The molecule has 0 saturated carbocycles. The van der Waals surface area contributed by atoms with Crippen LogP contribution < -0.4 is 10.6 Å². The van der Waals surface area contributed by atoms with Crippen LogP contribution in [-0.4, -0.2) is 40.3 Å². The summed E-state index contributed by atoms with van der Waals surface area (Å²) in [5.41, 5.74) is 1.73. The first kappa shape index (κ1) is 16.1. The Bertz CT molecular complexity index is 672. The van der Waals surface area contributed by atoms with Crippen LogP contribution >= 0.6 is 11.3 Å². The number of nitrogens with zero attached hydrogens (tertiary/aromatic N) is 3. The number of carbonyl (C=O) groups excluding carboxylic acids is 1. The maximum atomic E-state index is 12.4. The van der Waals surface area contributed by atoms with Gasteiger partial charge in [0.2, 0.25) is 0 Å². The molecule has 1 aliphatic heterocycles. The van der Waals surface area contributed by atoms with Gasteiger partial charge in [0.25, 0.3) is 5.91 Å². The van der Waals surface area contributed by atoms with E-state index in [1.165, 1.54) is 24.2 Å². The van der Waals surface area contributed by atoms with Gasteiger partial charge in [-0.2, -0.15) is 5.10 Å². The lowest BCUT2D eigenvalue weighted by molar-refractivity contribution is 0.0954. The third kappa shape index (κ3) is 3.97. The molecule has 2 aromatic heterocycles. The van der Waals surface area contributed by atoms with Gasteiger partial charge in [-0.15, -0.1) is 11.3 Å². The minimum absolute atomic E-state index is 0.0149. The van der Waals surface area contributed by atoms with Crippen molar-refractivity contribution in [3.63, 3.8) is 0 Å². The molecular weight excluding hydrogens is 310 g/mol. The highest BCUT2D eigenvalue weighted by Crippen LogP contribution is 2.27. The van der Waals surface area contributed by atoms with Crippen molar-refractivity contribution in [3.05, 3.63) is 23.0 Å². The van der Waals surface area contributed by atoms with E-state index in [4.69, 9.17) is 0 Å². The van der Waals surface area contributed by atoms with Gasteiger partial charge in [-0.1, -0.05) is 0 Å². The third-order valence-electron chi connectivity index (χ3n) is 4.19. The van der Waals surface area contributed by atoms with Crippen LogP contribution in [0.5, 0.6) is 0 Å². The number of hydrogen-bond donors (Lipinski definition) is 2. The van der Waals surface area contributed by atoms with Crippen LogP contribution in [0.25, 0.3) is 10.6 Å². The van der Waals surface area contributed by atoms with E-state index in [0.29, 0.717) is 10.8 Å². The molecule has 0 radical (unpaired) electrons. The molecule has 1 amide bonds. The van der Waals surface area contributed by atoms with Crippen molar-refractivity contribution >= 4 is 17.2 Å². The minimum Gasteiger partial charge on any atom is -0.351 e. The molecule has 1 atom stereocenters. The Labute approximate surface area is 140 Å². The Morgan fingerprint density at radius 3 is 3.13 bits per heavy atom. The second-order valence-corrected chi connectivity index (χ2v) is 7.09. The maximum Gasteiger partial charge on any atom is 0.263 e. The summed E-state index contributed by atoms with van der Waals surface area (Å²) >= 11 is 1.43. The van der Waals surface area contributed by atoms with Gasteiger partial charge >= 0.3 is 0 Å². The zero-order valence-corrected chi connectivity index (χ0v) is 14.4. The second kappa shape index (κ2) is 7.23. The molecule has 124 valence electrons. The lowest BCUT2D eigenvalue weighted by Gasteiger charge is -2.22. The molecule has 0 spiro atoms. The highest BCUT2D eigenvalue weighted by molar-refractivity contribution is 7.17. The zero-order chi connectivity index (χ0) is 16.2. The molecule has 7 heteroatoms. The average molecular weight is 333 g/mol. The Morgan fingerprint density at radius 2 is 2.43 bits per heavy atom. The van der Waals surface area contributed by atoms with Crippen LogP contribution in [0, 0.1) is 12.8 Å². The van der Waals surface area contributed by atoms with Gasteiger partial charge in [0.1, 0.15) is 9.88 Å². The lowest BCUT2D eigenvalue weighted by atomic mass is 9.96. The second-order valence-electron chi connectivity index (χ2n) is 6.09. The first-order valence-corrected chi connectivity index (χ1v) is 8.90. The predicted molar refractivity (Wildman–Crippen MR) is 91.6 cm³/mol.